The van der Waals surface area contributed by atoms with Gasteiger partial charge in [0.15, 0.2) is 0 Å². The van der Waals surface area contributed by atoms with E-state index >= 15 is 0 Å². The lowest BCUT2D eigenvalue weighted by molar-refractivity contribution is -0.140. The number of pyridine rings is 1. The summed E-state index contributed by atoms with van der Waals surface area (Å²) in [7, 11) is 0. The molecule has 0 aromatic carbocycles. The Morgan fingerprint density at radius 3 is 2.87 bits per heavy atom. The van der Waals surface area contributed by atoms with Crippen molar-refractivity contribution in [3.63, 3.8) is 0 Å². The van der Waals surface area contributed by atoms with Crippen LogP contribution in [0.25, 0.3) is 0 Å². The third-order valence-corrected chi connectivity index (χ3v) is 5.45. The molecule has 2 aliphatic heterocycles. The number of piperidine rings is 1. The average Bonchev–Trinajstić information content (AvgIpc) is 3.26. The highest BCUT2D eigenvalue weighted by atomic mass is 16.2. The Hall–Kier alpha value is -1.91. The van der Waals surface area contributed by atoms with Gasteiger partial charge in [0.2, 0.25) is 11.8 Å². The number of hydrogen-bond acceptors (Lipinski definition) is 3. The van der Waals surface area contributed by atoms with Crippen LogP contribution in [-0.4, -0.2) is 46.2 Å². The third kappa shape index (κ3) is 3.09. The van der Waals surface area contributed by atoms with E-state index in [1.807, 2.05) is 28.1 Å². The van der Waals surface area contributed by atoms with Crippen molar-refractivity contribution in [2.45, 2.75) is 32.2 Å². The fraction of sp³-hybridized carbons (Fsp3) is 0.611. The zero-order valence-electron chi connectivity index (χ0n) is 13.4. The van der Waals surface area contributed by atoms with Crippen LogP contribution in [0, 0.1) is 17.8 Å². The smallest absolute Gasteiger partial charge is 0.228 e. The Morgan fingerprint density at radius 2 is 2.13 bits per heavy atom. The number of amides is 2. The lowest BCUT2D eigenvalue weighted by Gasteiger charge is -2.33. The van der Waals surface area contributed by atoms with E-state index in [0.29, 0.717) is 31.3 Å². The van der Waals surface area contributed by atoms with Crippen molar-refractivity contribution >= 4 is 11.8 Å². The van der Waals surface area contributed by atoms with Gasteiger partial charge in [0, 0.05) is 45.0 Å². The molecule has 3 aliphatic rings. The fourth-order valence-corrected chi connectivity index (χ4v) is 3.88. The highest BCUT2D eigenvalue weighted by Crippen LogP contribution is 2.36. The fourth-order valence-electron chi connectivity index (χ4n) is 3.88. The molecule has 1 saturated carbocycles. The summed E-state index contributed by atoms with van der Waals surface area (Å²) in [4.78, 5) is 33.1. The maximum absolute atomic E-state index is 12.8. The predicted molar refractivity (Wildman–Crippen MR) is 85.2 cm³/mol. The third-order valence-electron chi connectivity index (χ3n) is 5.45. The minimum Gasteiger partial charge on any atom is -0.342 e. The van der Waals surface area contributed by atoms with Crippen LogP contribution in [0.15, 0.2) is 24.5 Å². The summed E-state index contributed by atoms with van der Waals surface area (Å²) in [5.74, 6) is 1.45. The first kappa shape index (κ1) is 14.7. The van der Waals surface area contributed by atoms with Crippen LogP contribution in [0.3, 0.4) is 0 Å². The lowest BCUT2D eigenvalue weighted by Crippen LogP contribution is -2.44. The van der Waals surface area contributed by atoms with Crippen LogP contribution >= 0.6 is 0 Å². The van der Waals surface area contributed by atoms with Crippen LogP contribution in [-0.2, 0) is 16.1 Å². The number of fused-ring (bicyclic) bond motifs is 1. The summed E-state index contributed by atoms with van der Waals surface area (Å²) in [5.41, 5.74) is 1.07. The Labute approximate surface area is 136 Å². The summed E-state index contributed by atoms with van der Waals surface area (Å²) < 4.78 is 0. The van der Waals surface area contributed by atoms with Gasteiger partial charge in [0.05, 0.1) is 5.92 Å². The second-order valence-corrected chi connectivity index (χ2v) is 7.22. The van der Waals surface area contributed by atoms with Crippen molar-refractivity contribution in [1.29, 1.82) is 0 Å². The lowest BCUT2D eigenvalue weighted by atomic mass is 9.88. The number of aromatic nitrogens is 1. The summed E-state index contributed by atoms with van der Waals surface area (Å²) in [6.07, 6.45) is 7.66. The minimum atomic E-state index is 0.00331. The van der Waals surface area contributed by atoms with Gasteiger partial charge in [0.1, 0.15) is 0 Å². The van der Waals surface area contributed by atoms with Gasteiger partial charge in [-0.25, -0.2) is 0 Å². The van der Waals surface area contributed by atoms with Crippen LogP contribution in [0.1, 0.15) is 31.2 Å². The Balaban J connectivity index is 1.39. The Kier molecular flexibility index (Phi) is 3.79. The van der Waals surface area contributed by atoms with Gasteiger partial charge in [-0.3, -0.25) is 14.6 Å². The van der Waals surface area contributed by atoms with Crippen molar-refractivity contribution < 1.29 is 9.59 Å². The van der Waals surface area contributed by atoms with Crippen molar-refractivity contribution in [2.24, 2.45) is 17.8 Å². The first-order valence-corrected chi connectivity index (χ1v) is 8.66. The van der Waals surface area contributed by atoms with E-state index in [2.05, 4.69) is 4.98 Å². The minimum absolute atomic E-state index is 0.00331. The van der Waals surface area contributed by atoms with E-state index < -0.39 is 0 Å². The van der Waals surface area contributed by atoms with E-state index in [-0.39, 0.29) is 17.7 Å². The highest BCUT2D eigenvalue weighted by Gasteiger charge is 2.44. The molecule has 1 aromatic heterocycles. The van der Waals surface area contributed by atoms with Gasteiger partial charge in [-0.2, -0.15) is 0 Å². The number of likely N-dealkylation sites (tertiary alicyclic amines) is 2. The molecule has 0 unspecified atom stereocenters. The van der Waals surface area contributed by atoms with Crippen LogP contribution in [0.2, 0.25) is 0 Å². The number of hydrogen-bond donors (Lipinski definition) is 0. The molecule has 122 valence electrons. The molecule has 5 nitrogen and oxygen atoms in total. The maximum atomic E-state index is 12.8. The second-order valence-electron chi connectivity index (χ2n) is 7.22. The SMILES string of the molecule is O=C(CC1CC1)N1C[C@H]2CCN(Cc3cccnc3)C(=O)[C@@H]2C1. The van der Waals surface area contributed by atoms with Crippen LogP contribution < -0.4 is 0 Å². The standard InChI is InChI=1S/C18H23N3O2/c22-17(8-13-3-4-13)21-11-15-5-7-20(18(23)16(15)12-21)10-14-2-1-6-19-9-14/h1-2,6,9,13,15-16H,3-5,7-8,10-12H2/t15-,16-/m1/s1. The van der Waals surface area contributed by atoms with Gasteiger partial charge in [-0.1, -0.05) is 6.07 Å². The molecule has 0 N–H and O–H groups in total. The highest BCUT2D eigenvalue weighted by molar-refractivity contribution is 5.83. The first-order chi connectivity index (χ1) is 11.2. The maximum Gasteiger partial charge on any atom is 0.228 e. The number of rotatable bonds is 4. The topological polar surface area (TPSA) is 53.5 Å². The zero-order valence-corrected chi connectivity index (χ0v) is 13.4. The molecule has 2 saturated heterocycles. The van der Waals surface area contributed by atoms with Gasteiger partial charge in [-0.05, 0) is 42.7 Å². The van der Waals surface area contributed by atoms with Crippen molar-refractivity contribution in [3.05, 3.63) is 30.1 Å². The molecule has 5 heteroatoms. The van der Waals surface area contributed by atoms with E-state index in [9.17, 15) is 9.59 Å². The number of carbonyl (C=O) groups excluding carboxylic acids is 2. The predicted octanol–water partition coefficient (Wildman–Crippen LogP) is 1.69. The second kappa shape index (κ2) is 5.95. The molecule has 23 heavy (non-hydrogen) atoms. The molecule has 0 bridgehead atoms. The Bertz CT molecular complexity index is 600. The summed E-state index contributed by atoms with van der Waals surface area (Å²) in [6.45, 7) is 2.83. The number of nitrogens with zero attached hydrogens (tertiary/aromatic N) is 3. The molecule has 2 amide bonds. The molecule has 0 spiro atoms. The van der Waals surface area contributed by atoms with E-state index in [0.717, 1.165) is 25.1 Å². The van der Waals surface area contributed by atoms with Gasteiger partial charge < -0.3 is 9.80 Å². The number of carbonyl (C=O) groups is 2. The summed E-state index contributed by atoms with van der Waals surface area (Å²) >= 11 is 0. The normalized spacial score (nSPS) is 27.2. The van der Waals surface area contributed by atoms with E-state index in [1.165, 1.54) is 12.8 Å². The largest absolute Gasteiger partial charge is 0.342 e. The van der Waals surface area contributed by atoms with Gasteiger partial charge in [0.25, 0.3) is 0 Å². The average molecular weight is 313 g/mol. The molecular formula is C18H23N3O2. The Morgan fingerprint density at radius 1 is 1.26 bits per heavy atom. The summed E-state index contributed by atoms with van der Waals surface area (Å²) in [6, 6.07) is 3.91. The monoisotopic (exact) mass is 313 g/mol. The van der Waals surface area contributed by atoms with Crippen LogP contribution in [0.4, 0.5) is 0 Å². The molecular weight excluding hydrogens is 290 g/mol. The van der Waals surface area contributed by atoms with Crippen molar-refractivity contribution in [1.82, 2.24) is 14.8 Å². The molecule has 2 atom stereocenters. The van der Waals surface area contributed by atoms with Gasteiger partial charge >= 0.3 is 0 Å². The van der Waals surface area contributed by atoms with E-state index in [4.69, 9.17) is 0 Å². The zero-order chi connectivity index (χ0) is 15.8. The van der Waals surface area contributed by atoms with E-state index in [1.54, 1.807) is 6.20 Å². The molecule has 4 rings (SSSR count). The molecule has 1 aromatic rings. The van der Waals surface area contributed by atoms with Crippen LogP contribution in [0.5, 0.6) is 0 Å². The van der Waals surface area contributed by atoms with Crippen molar-refractivity contribution in [3.8, 4) is 0 Å². The molecule has 1 aliphatic carbocycles. The molecule has 3 fully saturated rings. The first-order valence-electron chi connectivity index (χ1n) is 8.66. The summed E-state index contributed by atoms with van der Waals surface area (Å²) in [5, 5.41) is 0. The quantitative estimate of drug-likeness (QED) is 0.850. The van der Waals surface area contributed by atoms with Crippen molar-refractivity contribution in [2.75, 3.05) is 19.6 Å². The molecule has 3 heterocycles. The molecule has 0 radical (unpaired) electrons. The van der Waals surface area contributed by atoms with Gasteiger partial charge in [-0.15, -0.1) is 0 Å².